The maximum atomic E-state index is 12.6. The van der Waals surface area contributed by atoms with Crippen molar-refractivity contribution in [3.05, 3.63) is 29.8 Å². The number of carbonyl (C=O) groups is 1. The van der Waals surface area contributed by atoms with Crippen LogP contribution < -0.4 is 16.0 Å². The third-order valence-corrected chi connectivity index (χ3v) is 5.76. The molecule has 2 unspecified atom stereocenters. The van der Waals surface area contributed by atoms with E-state index < -0.39 is 0 Å². The zero-order valence-corrected chi connectivity index (χ0v) is 13.3. The monoisotopic (exact) mass is 315 g/mol. The first-order chi connectivity index (χ1) is 11.2. The molecule has 1 saturated heterocycles. The molecule has 2 aliphatic heterocycles. The van der Waals surface area contributed by atoms with Crippen LogP contribution in [0.4, 0.5) is 5.69 Å². The Hall–Kier alpha value is -1.59. The van der Waals surface area contributed by atoms with Crippen LogP contribution in [0.3, 0.4) is 0 Å². The molecule has 4 N–H and O–H groups in total. The summed E-state index contributed by atoms with van der Waals surface area (Å²) in [5.74, 6) is 0.118. The van der Waals surface area contributed by atoms with E-state index in [9.17, 15) is 9.90 Å². The van der Waals surface area contributed by atoms with E-state index in [1.807, 2.05) is 0 Å². The lowest BCUT2D eigenvalue weighted by Gasteiger charge is -2.27. The highest BCUT2D eigenvalue weighted by Gasteiger charge is 2.46. The van der Waals surface area contributed by atoms with Crippen molar-refractivity contribution in [3.63, 3.8) is 0 Å². The van der Waals surface area contributed by atoms with E-state index in [-0.39, 0.29) is 29.5 Å². The number of aliphatic hydroxyl groups is 1. The third kappa shape index (κ3) is 2.72. The van der Waals surface area contributed by atoms with Crippen molar-refractivity contribution >= 4 is 11.6 Å². The molecule has 2 atom stereocenters. The van der Waals surface area contributed by atoms with E-state index in [0.29, 0.717) is 0 Å². The second kappa shape index (κ2) is 5.80. The maximum absolute atomic E-state index is 12.6. The van der Waals surface area contributed by atoms with E-state index in [1.54, 1.807) is 0 Å². The summed E-state index contributed by atoms with van der Waals surface area (Å²) in [6, 6.07) is 8.53. The molecule has 4 rings (SSSR count). The van der Waals surface area contributed by atoms with Crippen molar-refractivity contribution in [2.75, 3.05) is 18.4 Å². The van der Waals surface area contributed by atoms with Crippen LogP contribution in [-0.4, -0.2) is 42.3 Å². The fraction of sp³-hybridized carbons (Fsp3) is 0.611. The largest absolute Gasteiger partial charge is 0.393 e. The summed E-state index contributed by atoms with van der Waals surface area (Å²) in [5.41, 5.74) is 2.58. The summed E-state index contributed by atoms with van der Waals surface area (Å²) < 4.78 is 0. The number of rotatable bonds is 2. The van der Waals surface area contributed by atoms with Gasteiger partial charge in [0.2, 0.25) is 5.91 Å². The Kier molecular flexibility index (Phi) is 3.77. The van der Waals surface area contributed by atoms with E-state index in [0.717, 1.165) is 45.2 Å². The first-order valence-electron chi connectivity index (χ1n) is 8.71. The molecule has 1 spiro atoms. The lowest BCUT2D eigenvalue weighted by molar-refractivity contribution is -0.124. The van der Waals surface area contributed by atoms with Gasteiger partial charge in [0, 0.05) is 30.2 Å². The first-order valence-corrected chi connectivity index (χ1v) is 8.71. The van der Waals surface area contributed by atoms with Crippen LogP contribution >= 0.6 is 0 Å². The maximum Gasteiger partial charge on any atom is 0.237 e. The molecule has 2 fully saturated rings. The molecule has 1 amide bonds. The Morgan fingerprint density at radius 3 is 2.78 bits per heavy atom. The highest BCUT2D eigenvalue weighted by Crippen LogP contribution is 2.42. The zero-order valence-electron chi connectivity index (χ0n) is 13.3. The molecule has 1 saturated carbocycles. The van der Waals surface area contributed by atoms with Crippen LogP contribution in [0.25, 0.3) is 0 Å². The fourth-order valence-electron chi connectivity index (χ4n) is 4.36. The van der Waals surface area contributed by atoms with Gasteiger partial charge in [0.15, 0.2) is 0 Å². The van der Waals surface area contributed by atoms with E-state index in [2.05, 4.69) is 40.2 Å². The SMILES string of the molecule is O=C(NC1CCC(O)CC1)C1CC2(CNc3ccccc32)CN1. The minimum absolute atomic E-state index is 0.0430. The Balaban J connectivity index is 1.40. The molecule has 5 heteroatoms. The van der Waals surface area contributed by atoms with Crippen LogP contribution in [0.5, 0.6) is 0 Å². The molecule has 0 bridgehead atoms. The number of hydrogen-bond donors (Lipinski definition) is 4. The molecule has 124 valence electrons. The van der Waals surface area contributed by atoms with Gasteiger partial charge in [-0.15, -0.1) is 0 Å². The van der Waals surface area contributed by atoms with Crippen LogP contribution in [0.1, 0.15) is 37.7 Å². The molecule has 23 heavy (non-hydrogen) atoms. The van der Waals surface area contributed by atoms with Crippen molar-refractivity contribution in [1.82, 2.24) is 10.6 Å². The number of para-hydroxylation sites is 1. The first kappa shape index (κ1) is 15.0. The molecule has 2 heterocycles. The van der Waals surface area contributed by atoms with E-state index in [1.165, 1.54) is 11.3 Å². The van der Waals surface area contributed by atoms with Crippen LogP contribution in [0.2, 0.25) is 0 Å². The van der Waals surface area contributed by atoms with Gasteiger partial charge in [-0.2, -0.15) is 0 Å². The van der Waals surface area contributed by atoms with E-state index >= 15 is 0 Å². The van der Waals surface area contributed by atoms with Gasteiger partial charge in [-0.1, -0.05) is 18.2 Å². The summed E-state index contributed by atoms with van der Waals surface area (Å²) in [6.07, 6.45) is 4.02. The molecule has 0 radical (unpaired) electrons. The van der Waals surface area contributed by atoms with Gasteiger partial charge in [0.05, 0.1) is 12.1 Å². The molecule has 0 aromatic heterocycles. The number of anilines is 1. The highest BCUT2D eigenvalue weighted by molar-refractivity contribution is 5.83. The van der Waals surface area contributed by atoms with Crippen molar-refractivity contribution in [3.8, 4) is 0 Å². The minimum atomic E-state index is -0.183. The average Bonchev–Trinajstić information content (AvgIpc) is 3.16. The number of aliphatic hydroxyl groups excluding tert-OH is 1. The topological polar surface area (TPSA) is 73.4 Å². The Morgan fingerprint density at radius 1 is 1.17 bits per heavy atom. The lowest BCUT2D eigenvalue weighted by atomic mass is 9.80. The second-order valence-corrected chi connectivity index (χ2v) is 7.33. The summed E-state index contributed by atoms with van der Waals surface area (Å²) in [5, 5.41) is 19.7. The van der Waals surface area contributed by atoms with Gasteiger partial charge >= 0.3 is 0 Å². The molecule has 1 aromatic carbocycles. The summed E-state index contributed by atoms with van der Waals surface area (Å²) >= 11 is 0. The normalized spacial score (nSPS) is 35.8. The highest BCUT2D eigenvalue weighted by atomic mass is 16.3. The smallest absolute Gasteiger partial charge is 0.237 e. The van der Waals surface area contributed by atoms with Gasteiger partial charge in [-0.25, -0.2) is 0 Å². The summed E-state index contributed by atoms with van der Waals surface area (Å²) in [4.78, 5) is 12.6. The van der Waals surface area contributed by atoms with Gasteiger partial charge in [-0.3, -0.25) is 4.79 Å². The van der Waals surface area contributed by atoms with Gasteiger partial charge in [0.1, 0.15) is 0 Å². The standard InChI is InChI=1S/C18H25N3O2/c22-13-7-5-12(6-8-13)21-17(23)16-9-18(11-20-16)10-19-15-4-2-1-3-14(15)18/h1-4,12-13,16,19-20,22H,5-11H2,(H,21,23). The van der Waals surface area contributed by atoms with Crippen molar-refractivity contribution in [1.29, 1.82) is 0 Å². The average molecular weight is 315 g/mol. The zero-order chi connectivity index (χ0) is 15.9. The Morgan fingerprint density at radius 2 is 1.96 bits per heavy atom. The Bertz CT molecular complexity index is 598. The molecule has 3 aliphatic rings. The number of nitrogens with one attached hydrogen (secondary N) is 3. The third-order valence-electron chi connectivity index (χ3n) is 5.76. The van der Waals surface area contributed by atoms with Crippen LogP contribution in [0.15, 0.2) is 24.3 Å². The quantitative estimate of drug-likeness (QED) is 0.660. The minimum Gasteiger partial charge on any atom is -0.393 e. The van der Waals surface area contributed by atoms with Crippen LogP contribution in [-0.2, 0) is 10.2 Å². The van der Waals surface area contributed by atoms with E-state index in [4.69, 9.17) is 0 Å². The van der Waals surface area contributed by atoms with Gasteiger partial charge < -0.3 is 21.1 Å². The second-order valence-electron chi connectivity index (χ2n) is 7.33. The van der Waals surface area contributed by atoms with Crippen LogP contribution in [0, 0.1) is 0 Å². The summed E-state index contributed by atoms with van der Waals surface area (Å²) in [6.45, 7) is 1.75. The number of hydrogen-bond acceptors (Lipinski definition) is 4. The van der Waals surface area contributed by atoms with Gasteiger partial charge in [-0.05, 0) is 43.7 Å². The molecular formula is C18H25N3O2. The van der Waals surface area contributed by atoms with Crippen molar-refractivity contribution in [2.45, 2.75) is 55.7 Å². The van der Waals surface area contributed by atoms with Crippen molar-refractivity contribution < 1.29 is 9.90 Å². The van der Waals surface area contributed by atoms with Gasteiger partial charge in [0.25, 0.3) is 0 Å². The summed E-state index contributed by atoms with van der Waals surface area (Å²) in [7, 11) is 0. The number of amides is 1. The lowest BCUT2D eigenvalue weighted by Crippen LogP contribution is -2.46. The van der Waals surface area contributed by atoms with Crippen molar-refractivity contribution in [2.24, 2.45) is 0 Å². The number of fused-ring (bicyclic) bond motifs is 2. The predicted molar refractivity (Wildman–Crippen MR) is 89.4 cm³/mol. The molecule has 1 aromatic rings. The molecular weight excluding hydrogens is 290 g/mol. The Labute approximate surface area is 136 Å². The fourth-order valence-corrected chi connectivity index (χ4v) is 4.36. The molecule has 1 aliphatic carbocycles. The molecule has 5 nitrogen and oxygen atoms in total. The predicted octanol–water partition coefficient (Wildman–Crippen LogP) is 1.13. The number of benzene rings is 1. The number of carbonyl (C=O) groups excluding carboxylic acids is 1.